The second-order valence-corrected chi connectivity index (χ2v) is 5.60. The minimum atomic E-state index is -0.164. The van der Waals surface area contributed by atoms with E-state index in [-0.39, 0.29) is 18.1 Å². The highest BCUT2D eigenvalue weighted by Crippen LogP contribution is 2.13. The Morgan fingerprint density at radius 3 is 2.86 bits per heavy atom. The maximum absolute atomic E-state index is 12.4. The van der Waals surface area contributed by atoms with Gasteiger partial charge in [0.15, 0.2) is 0 Å². The normalized spacial score (nSPS) is 21.6. The topological polar surface area (TPSA) is 67.6 Å². The van der Waals surface area contributed by atoms with Crippen LogP contribution < -0.4 is 11.1 Å². The molecule has 1 fully saturated rings. The van der Waals surface area contributed by atoms with Gasteiger partial charge in [-0.25, -0.2) is 0 Å². The van der Waals surface area contributed by atoms with E-state index in [0.29, 0.717) is 6.54 Å². The van der Waals surface area contributed by atoms with E-state index in [1.165, 1.54) is 0 Å². The summed E-state index contributed by atoms with van der Waals surface area (Å²) in [5.74, 6) is 0.0181. The molecule has 116 valence electrons. The Morgan fingerprint density at radius 1 is 1.48 bits per heavy atom. The number of hydrogen-bond acceptors (Lipinski definition) is 4. The molecule has 3 N–H and O–H groups in total. The zero-order valence-electron chi connectivity index (χ0n) is 12.8. The van der Waals surface area contributed by atoms with Gasteiger partial charge in [0.05, 0.1) is 12.1 Å². The summed E-state index contributed by atoms with van der Waals surface area (Å²) < 4.78 is 5.62. The van der Waals surface area contributed by atoms with Crippen molar-refractivity contribution in [3.8, 4) is 0 Å². The predicted octanol–water partition coefficient (Wildman–Crippen LogP) is 1.58. The number of nitrogens with two attached hydrogens (primary N) is 1. The number of nitrogens with zero attached hydrogens (tertiary/aromatic N) is 1. The fourth-order valence-corrected chi connectivity index (χ4v) is 2.51. The second-order valence-electron chi connectivity index (χ2n) is 5.60. The Balaban J connectivity index is 1.94. The zero-order chi connectivity index (χ0) is 15.2. The first-order valence-electron chi connectivity index (χ1n) is 7.55. The largest absolute Gasteiger partial charge is 0.377 e. The lowest BCUT2D eigenvalue weighted by Crippen LogP contribution is -2.44. The number of hydrogen-bond donors (Lipinski definition) is 2. The van der Waals surface area contributed by atoms with Crippen LogP contribution in [0, 0.1) is 0 Å². The molecule has 2 rings (SSSR count). The molecular formula is C16H25N3O2. The van der Waals surface area contributed by atoms with Crippen molar-refractivity contribution in [1.29, 1.82) is 0 Å². The number of carbonyl (C=O) groups is 1. The average Bonchev–Trinajstić information content (AvgIpc) is 2.71. The molecule has 0 spiro atoms. The van der Waals surface area contributed by atoms with Gasteiger partial charge in [0.1, 0.15) is 0 Å². The molecule has 21 heavy (non-hydrogen) atoms. The molecule has 0 aliphatic carbocycles. The van der Waals surface area contributed by atoms with Gasteiger partial charge in [0.2, 0.25) is 5.91 Å². The summed E-state index contributed by atoms with van der Waals surface area (Å²) in [6.45, 7) is 6.96. The Labute approximate surface area is 126 Å². The molecule has 1 aromatic rings. The number of nitrogens with one attached hydrogen (secondary N) is 1. The van der Waals surface area contributed by atoms with Crippen LogP contribution in [-0.4, -0.2) is 42.6 Å². The van der Waals surface area contributed by atoms with E-state index in [9.17, 15) is 4.79 Å². The molecule has 1 amide bonds. The molecule has 2 unspecified atom stereocenters. The van der Waals surface area contributed by atoms with Crippen LogP contribution in [0.15, 0.2) is 24.3 Å². The van der Waals surface area contributed by atoms with E-state index in [0.717, 1.165) is 37.4 Å². The molecule has 0 bridgehead atoms. The minimum absolute atomic E-state index is 0.0181. The van der Waals surface area contributed by atoms with Crippen LogP contribution >= 0.6 is 0 Å². The van der Waals surface area contributed by atoms with Gasteiger partial charge in [-0.15, -0.1) is 0 Å². The number of benzene rings is 1. The maximum atomic E-state index is 12.4. The van der Waals surface area contributed by atoms with Crippen molar-refractivity contribution in [2.24, 2.45) is 5.73 Å². The van der Waals surface area contributed by atoms with Crippen LogP contribution in [0.4, 0.5) is 5.69 Å². The molecule has 1 heterocycles. The fraction of sp³-hybridized carbons (Fsp3) is 0.562. The third kappa shape index (κ3) is 4.52. The summed E-state index contributed by atoms with van der Waals surface area (Å²) >= 11 is 0. The number of amides is 1. The van der Waals surface area contributed by atoms with E-state index in [2.05, 4.69) is 17.1 Å². The van der Waals surface area contributed by atoms with Crippen molar-refractivity contribution in [2.45, 2.75) is 39.0 Å². The lowest BCUT2D eigenvalue weighted by molar-refractivity contribution is -0.121. The van der Waals surface area contributed by atoms with Crippen molar-refractivity contribution < 1.29 is 9.53 Å². The van der Waals surface area contributed by atoms with Crippen molar-refractivity contribution in [1.82, 2.24) is 4.90 Å². The predicted molar refractivity (Wildman–Crippen MR) is 84.0 cm³/mol. The molecular weight excluding hydrogens is 266 g/mol. The smallest absolute Gasteiger partial charge is 0.241 e. The quantitative estimate of drug-likeness (QED) is 0.884. The molecule has 1 aliphatic heterocycles. The monoisotopic (exact) mass is 291 g/mol. The SMILES string of the molecule is CC1CN(C(C)C(=O)Nc2ccc(CN)cc2)CCCO1. The van der Waals surface area contributed by atoms with Gasteiger partial charge < -0.3 is 15.8 Å². The highest BCUT2D eigenvalue weighted by atomic mass is 16.5. The van der Waals surface area contributed by atoms with Gasteiger partial charge in [0.25, 0.3) is 0 Å². The van der Waals surface area contributed by atoms with Crippen LogP contribution in [-0.2, 0) is 16.1 Å². The molecule has 1 saturated heterocycles. The first-order valence-corrected chi connectivity index (χ1v) is 7.55. The maximum Gasteiger partial charge on any atom is 0.241 e. The lowest BCUT2D eigenvalue weighted by Gasteiger charge is -2.27. The molecule has 5 heteroatoms. The van der Waals surface area contributed by atoms with E-state index in [4.69, 9.17) is 10.5 Å². The van der Waals surface area contributed by atoms with Crippen molar-refractivity contribution in [3.63, 3.8) is 0 Å². The number of rotatable bonds is 4. The standard InChI is InChI=1S/C16H25N3O2/c1-12-11-19(8-3-9-21-12)13(2)16(20)18-15-6-4-14(10-17)5-7-15/h4-7,12-13H,3,8-11,17H2,1-2H3,(H,18,20). The van der Waals surface area contributed by atoms with Gasteiger partial charge in [-0.05, 0) is 38.0 Å². The Bertz CT molecular complexity index is 461. The van der Waals surface area contributed by atoms with E-state index < -0.39 is 0 Å². The Kier molecular flexibility index (Phi) is 5.73. The van der Waals surface area contributed by atoms with Gasteiger partial charge in [-0.2, -0.15) is 0 Å². The Hall–Kier alpha value is -1.43. The van der Waals surface area contributed by atoms with Crippen LogP contribution in [0.3, 0.4) is 0 Å². The third-order valence-electron chi connectivity index (χ3n) is 3.87. The van der Waals surface area contributed by atoms with E-state index in [1.807, 2.05) is 31.2 Å². The minimum Gasteiger partial charge on any atom is -0.377 e. The van der Waals surface area contributed by atoms with Crippen molar-refractivity contribution >= 4 is 11.6 Å². The molecule has 1 aromatic carbocycles. The first-order chi connectivity index (χ1) is 10.1. The summed E-state index contributed by atoms with van der Waals surface area (Å²) in [6.07, 6.45) is 1.14. The van der Waals surface area contributed by atoms with Crippen LogP contribution in [0.5, 0.6) is 0 Å². The second kappa shape index (κ2) is 7.54. The van der Waals surface area contributed by atoms with Gasteiger partial charge >= 0.3 is 0 Å². The van der Waals surface area contributed by atoms with E-state index in [1.54, 1.807) is 0 Å². The van der Waals surface area contributed by atoms with Gasteiger partial charge in [-0.1, -0.05) is 12.1 Å². The lowest BCUT2D eigenvalue weighted by atomic mass is 10.2. The van der Waals surface area contributed by atoms with Crippen LogP contribution in [0.2, 0.25) is 0 Å². The van der Waals surface area contributed by atoms with Crippen molar-refractivity contribution in [3.05, 3.63) is 29.8 Å². The number of anilines is 1. The third-order valence-corrected chi connectivity index (χ3v) is 3.87. The molecule has 0 saturated carbocycles. The van der Waals surface area contributed by atoms with Gasteiger partial charge in [-0.3, -0.25) is 9.69 Å². The molecule has 2 atom stereocenters. The van der Waals surface area contributed by atoms with Gasteiger partial charge in [0, 0.05) is 31.9 Å². The Morgan fingerprint density at radius 2 is 2.19 bits per heavy atom. The van der Waals surface area contributed by atoms with E-state index >= 15 is 0 Å². The highest BCUT2D eigenvalue weighted by Gasteiger charge is 2.24. The molecule has 5 nitrogen and oxygen atoms in total. The molecule has 0 radical (unpaired) electrons. The molecule has 1 aliphatic rings. The molecule has 0 aromatic heterocycles. The summed E-state index contributed by atoms with van der Waals surface area (Å²) in [7, 11) is 0. The number of ether oxygens (including phenoxy) is 1. The number of carbonyl (C=O) groups excluding carboxylic acids is 1. The van der Waals surface area contributed by atoms with Crippen LogP contribution in [0.25, 0.3) is 0 Å². The highest BCUT2D eigenvalue weighted by molar-refractivity contribution is 5.94. The zero-order valence-corrected chi connectivity index (χ0v) is 12.8. The van der Waals surface area contributed by atoms with Crippen LogP contribution in [0.1, 0.15) is 25.8 Å². The fourth-order valence-electron chi connectivity index (χ4n) is 2.51. The first kappa shape index (κ1) is 15.9. The average molecular weight is 291 g/mol. The summed E-state index contributed by atoms with van der Waals surface area (Å²) in [6, 6.07) is 7.48. The summed E-state index contributed by atoms with van der Waals surface area (Å²) in [5, 5.41) is 2.96. The summed E-state index contributed by atoms with van der Waals surface area (Å²) in [5.41, 5.74) is 7.43. The summed E-state index contributed by atoms with van der Waals surface area (Å²) in [4.78, 5) is 14.5. The van der Waals surface area contributed by atoms with Crippen molar-refractivity contribution in [2.75, 3.05) is 25.0 Å².